The zero-order valence-corrected chi connectivity index (χ0v) is 14.2. The summed E-state index contributed by atoms with van der Waals surface area (Å²) in [6, 6.07) is 5.61. The first kappa shape index (κ1) is 16.5. The number of carbonyl (C=O) groups is 1. The molecule has 1 atom stereocenters. The van der Waals surface area contributed by atoms with E-state index in [9.17, 15) is 4.79 Å². The highest BCUT2D eigenvalue weighted by Crippen LogP contribution is 2.26. The van der Waals surface area contributed by atoms with Crippen LogP contribution in [0.1, 0.15) is 27.7 Å². The molecule has 7 heteroatoms. The molecule has 0 unspecified atom stereocenters. The van der Waals surface area contributed by atoms with E-state index in [1.165, 1.54) is 11.8 Å². The third kappa shape index (κ3) is 4.07. The van der Waals surface area contributed by atoms with Crippen LogP contribution in [0, 0.1) is 0 Å². The Bertz CT molecular complexity index is 649. The number of ether oxygens (including phenoxy) is 1. The van der Waals surface area contributed by atoms with Gasteiger partial charge in [-0.15, -0.1) is 10.2 Å². The monoisotopic (exact) mass is 320 g/mol. The average Bonchev–Trinajstić information content (AvgIpc) is 2.79. The zero-order valence-electron chi connectivity index (χ0n) is 13.4. The summed E-state index contributed by atoms with van der Waals surface area (Å²) < 4.78 is 7.20. The quantitative estimate of drug-likeness (QED) is 0.637. The number of carbonyl (C=O) groups excluding carboxylic acids is 1. The lowest BCUT2D eigenvalue weighted by Crippen LogP contribution is -2.29. The molecule has 118 valence electrons. The molecule has 2 aromatic heterocycles. The SMILES string of the molecule is C[C@@H](Sc1nnc(-c2ccccn2)n1C)C(=O)OC(C)(C)C. The van der Waals surface area contributed by atoms with Crippen LogP contribution in [0.3, 0.4) is 0 Å². The number of nitrogens with zero attached hydrogens (tertiary/aromatic N) is 4. The molecule has 2 aromatic rings. The Balaban J connectivity index is 2.12. The Morgan fingerprint density at radius 1 is 1.32 bits per heavy atom. The summed E-state index contributed by atoms with van der Waals surface area (Å²) in [5, 5.41) is 8.58. The van der Waals surface area contributed by atoms with Crippen LogP contribution in [-0.2, 0) is 16.6 Å². The lowest BCUT2D eigenvalue weighted by atomic mass is 10.2. The summed E-state index contributed by atoms with van der Waals surface area (Å²) in [6.07, 6.45) is 1.71. The Morgan fingerprint density at radius 2 is 2.05 bits per heavy atom. The van der Waals surface area contributed by atoms with Gasteiger partial charge in [-0.25, -0.2) is 0 Å². The van der Waals surface area contributed by atoms with E-state index in [0.29, 0.717) is 11.0 Å². The van der Waals surface area contributed by atoms with E-state index in [1.807, 2.05) is 50.6 Å². The van der Waals surface area contributed by atoms with Crippen LogP contribution in [0.15, 0.2) is 29.6 Å². The van der Waals surface area contributed by atoms with Gasteiger partial charge in [-0.1, -0.05) is 17.8 Å². The number of esters is 1. The van der Waals surface area contributed by atoms with Crippen molar-refractivity contribution in [2.45, 2.75) is 43.7 Å². The third-order valence-corrected chi connectivity index (χ3v) is 3.86. The minimum atomic E-state index is -0.495. The van der Waals surface area contributed by atoms with Crippen molar-refractivity contribution in [1.82, 2.24) is 19.7 Å². The van der Waals surface area contributed by atoms with E-state index >= 15 is 0 Å². The number of aromatic nitrogens is 4. The second-order valence-electron chi connectivity index (χ2n) is 5.87. The molecule has 2 heterocycles. The van der Waals surface area contributed by atoms with Gasteiger partial charge in [0, 0.05) is 13.2 Å². The summed E-state index contributed by atoms with van der Waals surface area (Å²) in [6.45, 7) is 7.35. The number of rotatable bonds is 4. The Morgan fingerprint density at radius 3 is 2.64 bits per heavy atom. The van der Waals surface area contributed by atoms with Crippen LogP contribution in [0.25, 0.3) is 11.5 Å². The van der Waals surface area contributed by atoms with Crippen molar-refractivity contribution in [3.8, 4) is 11.5 Å². The van der Waals surface area contributed by atoms with Crippen LogP contribution in [-0.4, -0.2) is 36.6 Å². The maximum atomic E-state index is 12.0. The van der Waals surface area contributed by atoms with Crippen LogP contribution < -0.4 is 0 Å². The highest BCUT2D eigenvalue weighted by molar-refractivity contribution is 8.00. The van der Waals surface area contributed by atoms with Gasteiger partial charge >= 0.3 is 5.97 Å². The topological polar surface area (TPSA) is 69.9 Å². The van der Waals surface area contributed by atoms with Gasteiger partial charge in [-0.2, -0.15) is 0 Å². The number of hydrogen-bond acceptors (Lipinski definition) is 6. The van der Waals surface area contributed by atoms with E-state index in [4.69, 9.17) is 4.74 Å². The fourth-order valence-corrected chi connectivity index (χ4v) is 2.52. The molecule has 2 rings (SSSR count). The van der Waals surface area contributed by atoms with Crippen molar-refractivity contribution in [3.63, 3.8) is 0 Å². The standard InChI is InChI=1S/C15H20N4O2S/c1-10(13(20)21-15(2,3)4)22-14-18-17-12(19(14)5)11-8-6-7-9-16-11/h6-10H,1-5H3/t10-/m1/s1. The largest absolute Gasteiger partial charge is 0.459 e. The molecule has 6 nitrogen and oxygen atoms in total. The van der Waals surface area contributed by atoms with Gasteiger partial charge in [0.25, 0.3) is 0 Å². The molecule has 0 aliphatic rings. The average molecular weight is 320 g/mol. The second kappa shape index (κ2) is 6.48. The van der Waals surface area contributed by atoms with Crippen molar-refractivity contribution in [2.24, 2.45) is 7.05 Å². The van der Waals surface area contributed by atoms with Gasteiger partial charge in [0.15, 0.2) is 11.0 Å². The van der Waals surface area contributed by atoms with Crippen LogP contribution in [0.2, 0.25) is 0 Å². The first-order valence-corrected chi connectivity index (χ1v) is 7.86. The van der Waals surface area contributed by atoms with Gasteiger partial charge < -0.3 is 9.30 Å². The lowest BCUT2D eigenvalue weighted by molar-refractivity contribution is -0.153. The number of thioether (sulfide) groups is 1. The lowest BCUT2D eigenvalue weighted by Gasteiger charge is -2.21. The van der Waals surface area contributed by atoms with Gasteiger partial charge in [0.1, 0.15) is 16.5 Å². The molecule has 0 amide bonds. The van der Waals surface area contributed by atoms with Crippen molar-refractivity contribution in [1.29, 1.82) is 0 Å². The van der Waals surface area contributed by atoms with E-state index in [-0.39, 0.29) is 11.2 Å². The molecule has 0 N–H and O–H groups in total. The van der Waals surface area contributed by atoms with Crippen molar-refractivity contribution in [2.75, 3.05) is 0 Å². The molecular weight excluding hydrogens is 300 g/mol. The highest BCUT2D eigenvalue weighted by Gasteiger charge is 2.24. The van der Waals surface area contributed by atoms with Crippen LogP contribution >= 0.6 is 11.8 Å². The molecular formula is C15H20N4O2S. The predicted molar refractivity (Wildman–Crippen MR) is 85.4 cm³/mol. The maximum absolute atomic E-state index is 12.0. The van der Waals surface area contributed by atoms with Crippen molar-refractivity contribution >= 4 is 17.7 Å². The maximum Gasteiger partial charge on any atom is 0.319 e. The molecule has 0 spiro atoms. The van der Waals surface area contributed by atoms with Gasteiger partial charge in [-0.3, -0.25) is 9.78 Å². The summed E-state index contributed by atoms with van der Waals surface area (Å²) in [4.78, 5) is 16.3. The van der Waals surface area contributed by atoms with E-state index in [0.717, 1.165) is 5.69 Å². The third-order valence-electron chi connectivity index (χ3n) is 2.75. The smallest absolute Gasteiger partial charge is 0.319 e. The summed E-state index contributed by atoms with van der Waals surface area (Å²) in [5.74, 6) is 0.402. The second-order valence-corrected chi connectivity index (χ2v) is 7.18. The summed E-state index contributed by atoms with van der Waals surface area (Å²) in [5.41, 5.74) is 0.250. The van der Waals surface area contributed by atoms with E-state index in [2.05, 4.69) is 15.2 Å². The molecule has 0 bridgehead atoms. The molecule has 0 aliphatic carbocycles. The first-order valence-electron chi connectivity index (χ1n) is 6.98. The normalized spacial score (nSPS) is 13.0. The summed E-state index contributed by atoms with van der Waals surface area (Å²) in [7, 11) is 1.86. The molecule has 0 aliphatic heterocycles. The fourth-order valence-electron chi connectivity index (χ4n) is 1.73. The number of pyridine rings is 1. The molecule has 0 aromatic carbocycles. The van der Waals surface area contributed by atoms with Crippen molar-refractivity contribution in [3.05, 3.63) is 24.4 Å². The van der Waals surface area contributed by atoms with Gasteiger partial charge in [-0.05, 0) is 39.8 Å². The molecule has 0 fully saturated rings. The molecule has 0 saturated carbocycles. The Kier molecular flexibility index (Phi) is 4.85. The molecule has 0 saturated heterocycles. The number of hydrogen-bond donors (Lipinski definition) is 0. The molecule has 0 radical (unpaired) electrons. The Labute approximate surface area is 134 Å². The highest BCUT2D eigenvalue weighted by atomic mass is 32.2. The zero-order chi connectivity index (χ0) is 16.3. The van der Waals surface area contributed by atoms with Crippen LogP contribution in [0.4, 0.5) is 0 Å². The van der Waals surface area contributed by atoms with E-state index in [1.54, 1.807) is 13.1 Å². The van der Waals surface area contributed by atoms with Gasteiger partial charge in [0.2, 0.25) is 0 Å². The Hall–Kier alpha value is -1.89. The predicted octanol–water partition coefficient (Wildman–Crippen LogP) is 2.70. The minimum Gasteiger partial charge on any atom is -0.459 e. The first-order chi connectivity index (χ1) is 10.3. The van der Waals surface area contributed by atoms with Crippen LogP contribution in [0.5, 0.6) is 0 Å². The van der Waals surface area contributed by atoms with E-state index < -0.39 is 5.60 Å². The van der Waals surface area contributed by atoms with Crippen molar-refractivity contribution < 1.29 is 9.53 Å². The summed E-state index contributed by atoms with van der Waals surface area (Å²) >= 11 is 1.32. The fraction of sp³-hybridized carbons (Fsp3) is 0.467. The van der Waals surface area contributed by atoms with Gasteiger partial charge in [0.05, 0.1) is 0 Å². The minimum absolute atomic E-state index is 0.264. The molecule has 22 heavy (non-hydrogen) atoms.